The molecule has 2 bridgehead atoms. The summed E-state index contributed by atoms with van der Waals surface area (Å²) >= 11 is 0. The molecule has 1 N–H and O–H groups in total. The molecular formula is C13H18N2O4. The number of esters is 1. The molecule has 0 saturated carbocycles. The van der Waals surface area contributed by atoms with Crippen LogP contribution in [0.5, 0.6) is 0 Å². The van der Waals surface area contributed by atoms with Crippen LogP contribution in [0.1, 0.15) is 39.0 Å². The smallest absolute Gasteiger partial charge is 0.407 e. The Morgan fingerprint density at radius 2 is 2.00 bits per heavy atom. The number of piperidine rings is 1. The predicted octanol–water partition coefficient (Wildman–Crippen LogP) is 1.75. The number of ether oxygens (including phenoxy) is 1. The van der Waals surface area contributed by atoms with Gasteiger partial charge in [0.05, 0.1) is 24.5 Å². The SMILES string of the molecule is CCOC(=O)C1(CC#N)CC2CCC(C1)N2C(=O)O. The molecule has 104 valence electrons. The number of carbonyl (C=O) groups is 2. The molecule has 19 heavy (non-hydrogen) atoms. The minimum Gasteiger partial charge on any atom is -0.466 e. The lowest BCUT2D eigenvalue weighted by molar-refractivity contribution is -0.159. The summed E-state index contributed by atoms with van der Waals surface area (Å²) in [6.45, 7) is 2.02. The molecule has 6 heteroatoms. The molecule has 2 saturated heterocycles. The molecule has 0 aromatic heterocycles. The van der Waals surface area contributed by atoms with Crippen LogP contribution in [0.3, 0.4) is 0 Å². The number of nitrogens with zero attached hydrogens (tertiary/aromatic N) is 2. The summed E-state index contributed by atoms with van der Waals surface area (Å²) in [5, 5.41) is 18.2. The third-order valence-corrected chi connectivity index (χ3v) is 4.22. The van der Waals surface area contributed by atoms with Crippen molar-refractivity contribution in [3.8, 4) is 6.07 Å². The quantitative estimate of drug-likeness (QED) is 0.786. The van der Waals surface area contributed by atoms with Gasteiger partial charge in [0.2, 0.25) is 0 Å². The fraction of sp³-hybridized carbons (Fsp3) is 0.769. The van der Waals surface area contributed by atoms with E-state index in [-0.39, 0.29) is 31.1 Å². The van der Waals surface area contributed by atoms with Gasteiger partial charge in [-0.2, -0.15) is 5.26 Å². The van der Waals surface area contributed by atoms with Gasteiger partial charge in [0.25, 0.3) is 0 Å². The van der Waals surface area contributed by atoms with Crippen molar-refractivity contribution >= 4 is 12.1 Å². The van der Waals surface area contributed by atoms with Crippen LogP contribution in [-0.4, -0.2) is 40.8 Å². The summed E-state index contributed by atoms with van der Waals surface area (Å²) in [6.07, 6.45) is 1.52. The molecule has 2 unspecified atom stereocenters. The van der Waals surface area contributed by atoms with Crippen LogP contribution < -0.4 is 0 Å². The van der Waals surface area contributed by atoms with Crippen molar-refractivity contribution in [2.45, 2.75) is 51.1 Å². The maximum Gasteiger partial charge on any atom is 0.407 e. The number of carbonyl (C=O) groups excluding carboxylic acids is 1. The zero-order valence-corrected chi connectivity index (χ0v) is 11.0. The first-order valence-corrected chi connectivity index (χ1v) is 6.59. The molecule has 6 nitrogen and oxygen atoms in total. The summed E-state index contributed by atoms with van der Waals surface area (Å²) in [5.41, 5.74) is -0.817. The third kappa shape index (κ3) is 2.25. The molecule has 0 aromatic rings. The van der Waals surface area contributed by atoms with Crippen molar-refractivity contribution in [2.24, 2.45) is 5.41 Å². The molecule has 2 heterocycles. The van der Waals surface area contributed by atoms with Crippen molar-refractivity contribution in [3.63, 3.8) is 0 Å². The maximum absolute atomic E-state index is 12.2. The highest BCUT2D eigenvalue weighted by atomic mass is 16.5. The lowest BCUT2D eigenvalue weighted by Gasteiger charge is -2.42. The first-order chi connectivity index (χ1) is 9.04. The third-order valence-electron chi connectivity index (χ3n) is 4.22. The van der Waals surface area contributed by atoms with Gasteiger partial charge in [-0.15, -0.1) is 0 Å². The van der Waals surface area contributed by atoms with Crippen molar-refractivity contribution in [1.29, 1.82) is 5.26 Å². The van der Waals surface area contributed by atoms with Gasteiger partial charge in [-0.1, -0.05) is 0 Å². The number of nitriles is 1. The van der Waals surface area contributed by atoms with Crippen LogP contribution in [0.25, 0.3) is 0 Å². The second-order valence-electron chi connectivity index (χ2n) is 5.32. The van der Waals surface area contributed by atoms with E-state index in [0.717, 1.165) is 12.8 Å². The minimum atomic E-state index is -0.929. The lowest BCUT2D eigenvalue weighted by atomic mass is 9.73. The molecule has 2 aliphatic heterocycles. The van der Waals surface area contributed by atoms with Gasteiger partial charge < -0.3 is 14.7 Å². The van der Waals surface area contributed by atoms with Crippen molar-refractivity contribution in [3.05, 3.63) is 0 Å². The molecule has 1 amide bonds. The fourth-order valence-electron chi connectivity index (χ4n) is 3.48. The number of rotatable bonds is 3. The van der Waals surface area contributed by atoms with Crippen LogP contribution in [0.4, 0.5) is 4.79 Å². The molecule has 2 atom stereocenters. The first-order valence-electron chi connectivity index (χ1n) is 6.59. The van der Waals surface area contributed by atoms with Crippen LogP contribution in [0.2, 0.25) is 0 Å². The van der Waals surface area contributed by atoms with E-state index in [1.807, 2.05) is 0 Å². The number of hydrogen-bond acceptors (Lipinski definition) is 4. The Hall–Kier alpha value is -1.77. The maximum atomic E-state index is 12.2. The van der Waals surface area contributed by atoms with Crippen LogP contribution in [0, 0.1) is 16.7 Å². The summed E-state index contributed by atoms with van der Waals surface area (Å²) in [7, 11) is 0. The predicted molar refractivity (Wildman–Crippen MR) is 65.2 cm³/mol. The Labute approximate surface area is 111 Å². The van der Waals surface area contributed by atoms with E-state index in [2.05, 4.69) is 6.07 Å². The summed E-state index contributed by atoms with van der Waals surface area (Å²) < 4.78 is 5.10. The highest BCUT2D eigenvalue weighted by Crippen LogP contribution is 2.48. The highest BCUT2D eigenvalue weighted by molar-refractivity contribution is 5.78. The van der Waals surface area contributed by atoms with E-state index >= 15 is 0 Å². The van der Waals surface area contributed by atoms with E-state index in [0.29, 0.717) is 12.8 Å². The Bertz CT molecular complexity index is 415. The molecule has 2 fully saturated rings. The Kier molecular flexibility index (Phi) is 3.65. The van der Waals surface area contributed by atoms with E-state index < -0.39 is 11.5 Å². The second kappa shape index (κ2) is 5.08. The fourth-order valence-corrected chi connectivity index (χ4v) is 3.48. The van der Waals surface area contributed by atoms with Gasteiger partial charge in [0.1, 0.15) is 0 Å². The monoisotopic (exact) mass is 266 g/mol. The first kappa shape index (κ1) is 13.7. The van der Waals surface area contributed by atoms with Crippen molar-refractivity contribution < 1.29 is 19.4 Å². The molecule has 0 aliphatic carbocycles. The van der Waals surface area contributed by atoms with Gasteiger partial charge in [0.15, 0.2) is 0 Å². The average Bonchev–Trinajstić information content (AvgIpc) is 2.63. The average molecular weight is 266 g/mol. The normalized spacial score (nSPS) is 32.7. The van der Waals surface area contributed by atoms with E-state index in [4.69, 9.17) is 10.00 Å². The standard InChI is InChI=1S/C13H18N2O4/c1-2-19-11(16)13(5-6-14)7-9-3-4-10(8-13)15(9)12(17)18/h9-10H,2-5,7-8H2,1H3,(H,17,18). The molecule has 0 aromatic carbocycles. The van der Waals surface area contributed by atoms with Crippen LogP contribution in [-0.2, 0) is 9.53 Å². The van der Waals surface area contributed by atoms with Gasteiger partial charge in [-0.25, -0.2) is 4.79 Å². The van der Waals surface area contributed by atoms with Gasteiger partial charge in [0, 0.05) is 12.1 Å². The van der Waals surface area contributed by atoms with Gasteiger partial charge in [-0.3, -0.25) is 4.79 Å². The van der Waals surface area contributed by atoms with Gasteiger partial charge >= 0.3 is 12.1 Å². The second-order valence-corrected chi connectivity index (χ2v) is 5.32. The number of fused-ring (bicyclic) bond motifs is 2. The molecule has 2 rings (SSSR count). The number of carboxylic acid groups (broad SMARTS) is 1. The van der Waals surface area contributed by atoms with E-state index in [9.17, 15) is 14.7 Å². The summed E-state index contributed by atoms with van der Waals surface area (Å²) in [4.78, 5) is 24.8. The van der Waals surface area contributed by atoms with Crippen LogP contribution in [0.15, 0.2) is 0 Å². The van der Waals surface area contributed by atoms with Crippen molar-refractivity contribution in [2.75, 3.05) is 6.61 Å². The number of amides is 1. The van der Waals surface area contributed by atoms with Crippen LogP contribution >= 0.6 is 0 Å². The van der Waals surface area contributed by atoms with Crippen molar-refractivity contribution in [1.82, 2.24) is 4.90 Å². The zero-order valence-electron chi connectivity index (χ0n) is 11.0. The van der Waals surface area contributed by atoms with E-state index in [1.54, 1.807) is 6.92 Å². The zero-order chi connectivity index (χ0) is 14.0. The molecular weight excluding hydrogens is 248 g/mol. The van der Waals surface area contributed by atoms with E-state index in [1.165, 1.54) is 4.90 Å². The Balaban J connectivity index is 2.23. The molecule has 0 spiro atoms. The minimum absolute atomic E-state index is 0.103. The van der Waals surface area contributed by atoms with Gasteiger partial charge in [-0.05, 0) is 32.6 Å². The topological polar surface area (TPSA) is 90.6 Å². The Morgan fingerprint density at radius 3 is 2.42 bits per heavy atom. The Morgan fingerprint density at radius 1 is 1.42 bits per heavy atom. The highest BCUT2D eigenvalue weighted by Gasteiger charge is 2.54. The molecule has 2 aliphatic rings. The summed E-state index contributed by atoms with van der Waals surface area (Å²) in [5.74, 6) is -0.349. The largest absolute Gasteiger partial charge is 0.466 e. The number of hydrogen-bond donors (Lipinski definition) is 1. The summed E-state index contributed by atoms with van der Waals surface area (Å²) in [6, 6.07) is 1.75. The molecule has 0 radical (unpaired) electrons. The lowest BCUT2D eigenvalue weighted by Crippen LogP contribution is -2.52.